The summed E-state index contributed by atoms with van der Waals surface area (Å²) in [7, 11) is 0. The summed E-state index contributed by atoms with van der Waals surface area (Å²) < 4.78 is 40.3. The summed E-state index contributed by atoms with van der Waals surface area (Å²) >= 11 is 2.82. The molecule has 0 amide bonds. The van der Waals surface area contributed by atoms with Crippen LogP contribution in [0.25, 0.3) is 48.7 Å². The number of aromatic nitrogens is 2. The largest absolute Gasteiger partial charge is 0.416 e. The van der Waals surface area contributed by atoms with E-state index in [9.17, 15) is 18.4 Å². The Morgan fingerprint density at radius 3 is 1.95 bits per heavy atom. The molecule has 0 saturated heterocycles. The van der Waals surface area contributed by atoms with E-state index in [0.717, 1.165) is 43.7 Å². The first-order valence-electron chi connectivity index (χ1n) is 10.9. The van der Waals surface area contributed by atoms with Crippen molar-refractivity contribution in [1.82, 2.24) is 9.97 Å². The van der Waals surface area contributed by atoms with Crippen molar-refractivity contribution in [2.45, 2.75) is 13.1 Å². The molecule has 9 heteroatoms. The summed E-state index contributed by atoms with van der Waals surface area (Å²) in [5.74, 6) is 0. The van der Waals surface area contributed by atoms with Gasteiger partial charge in [-0.05, 0) is 42.3 Å². The number of alkyl halides is 3. The van der Waals surface area contributed by atoms with E-state index in [-0.39, 0.29) is 5.70 Å². The summed E-state index contributed by atoms with van der Waals surface area (Å²) in [6.07, 6.45) is -1.07. The maximum atomic E-state index is 12.9. The van der Waals surface area contributed by atoms with E-state index in [1.165, 1.54) is 34.8 Å². The van der Waals surface area contributed by atoms with Gasteiger partial charge >= 0.3 is 6.18 Å². The van der Waals surface area contributed by atoms with Gasteiger partial charge in [-0.1, -0.05) is 54.1 Å². The molecule has 4 nitrogen and oxygen atoms in total. The lowest BCUT2D eigenvalue weighted by molar-refractivity contribution is -0.137. The van der Waals surface area contributed by atoms with E-state index < -0.39 is 11.7 Å². The molecule has 0 aliphatic rings. The molecule has 0 fully saturated rings. The molecule has 0 N–H and O–H groups in total. The smallest absolute Gasteiger partial charge is 0.238 e. The Balaban J connectivity index is 1.46. The Kier molecular flexibility index (Phi) is 6.34. The second kappa shape index (κ2) is 9.62. The van der Waals surface area contributed by atoms with Gasteiger partial charge in [0.15, 0.2) is 5.70 Å². The van der Waals surface area contributed by atoms with Crippen molar-refractivity contribution in [2.75, 3.05) is 0 Å². The van der Waals surface area contributed by atoms with E-state index in [1.54, 1.807) is 12.2 Å². The van der Waals surface area contributed by atoms with Crippen LogP contribution >= 0.6 is 22.7 Å². The summed E-state index contributed by atoms with van der Waals surface area (Å²) in [5.41, 5.74) is 3.82. The summed E-state index contributed by atoms with van der Waals surface area (Å²) in [4.78, 5) is 12.8. The van der Waals surface area contributed by atoms with E-state index >= 15 is 0 Å². The molecule has 0 aliphatic heterocycles. The SMILES string of the molecule is [C-]#[N+]/C(=C\c1nc2cc3sc(/C=C(\C#N)c4ccc(C)cc4)nc3cc2s1)c1ccc(C(F)(F)F)cc1. The van der Waals surface area contributed by atoms with Gasteiger partial charge in [0.05, 0.1) is 44.2 Å². The van der Waals surface area contributed by atoms with Crippen LogP contribution in [0.4, 0.5) is 13.2 Å². The molecule has 5 rings (SSSR count). The fourth-order valence-corrected chi connectivity index (χ4v) is 5.52. The number of aryl methyl sites for hydroxylation is 1. The summed E-state index contributed by atoms with van der Waals surface area (Å²) in [6.45, 7) is 9.48. The Hall–Kier alpha value is -4.31. The Morgan fingerprint density at radius 2 is 1.43 bits per heavy atom. The lowest BCUT2D eigenvalue weighted by Gasteiger charge is -2.06. The number of allylic oxidation sites excluding steroid dienone is 1. The first-order chi connectivity index (χ1) is 17.7. The molecule has 0 bridgehead atoms. The molecule has 0 spiro atoms. The monoisotopic (exact) mass is 528 g/mol. The quantitative estimate of drug-likeness (QED) is 0.173. The van der Waals surface area contributed by atoms with Gasteiger partial charge < -0.3 is 0 Å². The standard InChI is InChI=1S/C28H15F3N4S2/c1-16-3-5-17(6-4-16)19(15-32)11-26-34-22-12-25-23(13-24(22)36-26)35-27(37-25)14-21(33-2)18-7-9-20(10-8-18)28(29,30)31/h3-14H,1H3/b19-11+,21-14-. The van der Waals surface area contributed by atoms with Crippen LogP contribution in [0.15, 0.2) is 60.7 Å². The topological polar surface area (TPSA) is 53.9 Å². The highest BCUT2D eigenvalue weighted by Gasteiger charge is 2.30. The van der Waals surface area contributed by atoms with Crippen LogP contribution in [0.3, 0.4) is 0 Å². The van der Waals surface area contributed by atoms with Crippen LogP contribution in [0.1, 0.15) is 32.3 Å². The minimum atomic E-state index is -4.43. The number of thiazole rings is 2. The highest BCUT2D eigenvalue weighted by Crippen LogP contribution is 2.34. The van der Waals surface area contributed by atoms with Gasteiger partial charge in [0.1, 0.15) is 10.0 Å². The lowest BCUT2D eigenvalue weighted by atomic mass is 10.1. The zero-order valence-electron chi connectivity index (χ0n) is 19.2. The van der Waals surface area contributed by atoms with Gasteiger partial charge in [0.2, 0.25) is 0 Å². The normalized spacial score (nSPS) is 12.6. The number of hydrogen-bond donors (Lipinski definition) is 0. The van der Waals surface area contributed by atoms with Gasteiger partial charge in [-0.25, -0.2) is 14.8 Å². The zero-order valence-corrected chi connectivity index (χ0v) is 20.8. The first kappa shape index (κ1) is 24.4. The predicted octanol–water partition coefficient (Wildman–Crippen LogP) is 8.71. The minimum Gasteiger partial charge on any atom is -0.238 e. The molecule has 37 heavy (non-hydrogen) atoms. The molecule has 2 aromatic heterocycles. The van der Waals surface area contributed by atoms with Crippen molar-refractivity contribution in [1.29, 1.82) is 5.26 Å². The Morgan fingerprint density at radius 1 is 0.892 bits per heavy atom. The maximum Gasteiger partial charge on any atom is 0.416 e. The van der Waals surface area contributed by atoms with E-state index in [1.807, 2.05) is 43.3 Å². The number of rotatable bonds is 4. The summed E-state index contributed by atoms with van der Waals surface area (Å²) in [6, 6.07) is 18.3. The molecule has 5 aromatic rings. The van der Waals surface area contributed by atoms with Gasteiger partial charge in [0, 0.05) is 0 Å². The second-order valence-electron chi connectivity index (χ2n) is 8.14. The summed E-state index contributed by atoms with van der Waals surface area (Å²) in [5, 5.41) is 10.9. The van der Waals surface area contributed by atoms with Gasteiger partial charge in [0.25, 0.3) is 0 Å². The average Bonchev–Trinajstić information content (AvgIpc) is 3.46. The number of nitrogens with zero attached hydrogens (tertiary/aromatic N) is 4. The van der Waals surface area contributed by atoms with Crippen molar-refractivity contribution < 1.29 is 13.2 Å². The fourth-order valence-electron chi connectivity index (χ4n) is 3.67. The molecular formula is C28H15F3N4S2. The third-order valence-electron chi connectivity index (χ3n) is 5.57. The van der Waals surface area contributed by atoms with Crippen molar-refractivity contribution >= 4 is 66.5 Å². The van der Waals surface area contributed by atoms with Crippen LogP contribution in [-0.2, 0) is 6.18 Å². The molecule has 2 heterocycles. The molecule has 180 valence electrons. The highest BCUT2D eigenvalue weighted by atomic mass is 32.1. The van der Waals surface area contributed by atoms with Crippen LogP contribution in [0, 0.1) is 24.8 Å². The first-order valence-corrected chi connectivity index (χ1v) is 12.5. The van der Waals surface area contributed by atoms with E-state index in [4.69, 9.17) is 6.57 Å². The predicted molar refractivity (Wildman–Crippen MR) is 143 cm³/mol. The molecule has 0 atom stereocenters. The van der Waals surface area contributed by atoms with E-state index in [2.05, 4.69) is 20.9 Å². The number of benzene rings is 3. The number of nitriles is 1. The molecule has 0 unspecified atom stereocenters. The third kappa shape index (κ3) is 5.14. The van der Waals surface area contributed by atoms with Crippen molar-refractivity contribution in [2.24, 2.45) is 0 Å². The van der Waals surface area contributed by atoms with E-state index in [0.29, 0.717) is 21.2 Å². The minimum absolute atomic E-state index is 0.209. The Bertz CT molecular complexity index is 1730. The van der Waals surface area contributed by atoms with Gasteiger partial charge in [-0.15, -0.1) is 22.7 Å². The van der Waals surface area contributed by atoms with Crippen LogP contribution in [0.5, 0.6) is 0 Å². The maximum absolute atomic E-state index is 12.9. The van der Waals surface area contributed by atoms with Crippen molar-refractivity contribution in [3.8, 4) is 6.07 Å². The fraction of sp³-hybridized carbons (Fsp3) is 0.0714. The molecule has 0 radical (unpaired) electrons. The lowest BCUT2D eigenvalue weighted by Crippen LogP contribution is -2.04. The zero-order chi connectivity index (χ0) is 26.2. The van der Waals surface area contributed by atoms with Crippen LogP contribution < -0.4 is 0 Å². The average molecular weight is 529 g/mol. The van der Waals surface area contributed by atoms with Crippen LogP contribution in [0.2, 0.25) is 0 Å². The molecule has 3 aromatic carbocycles. The number of halogens is 3. The number of hydrogen-bond acceptors (Lipinski definition) is 5. The van der Waals surface area contributed by atoms with Crippen molar-refractivity contribution in [3.05, 3.63) is 104 Å². The van der Waals surface area contributed by atoms with Gasteiger partial charge in [-0.3, -0.25) is 0 Å². The second-order valence-corrected chi connectivity index (χ2v) is 10.3. The molecule has 0 saturated carbocycles. The molecular weight excluding hydrogens is 513 g/mol. The van der Waals surface area contributed by atoms with Crippen molar-refractivity contribution in [3.63, 3.8) is 0 Å². The highest BCUT2D eigenvalue weighted by molar-refractivity contribution is 7.21. The Labute approximate surface area is 218 Å². The third-order valence-corrected chi connectivity index (χ3v) is 7.50. The number of fused-ring (bicyclic) bond motifs is 2. The van der Waals surface area contributed by atoms with Crippen LogP contribution in [-0.4, -0.2) is 9.97 Å². The molecule has 0 aliphatic carbocycles. The van der Waals surface area contributed by atoms with Gasteiger partial charge in [-0.2, -0.15) is 18.4 Å².